The summed E-state index contributed by atoms with van der Waals surface area (Å²) < 4.78 is 2.15. The number of carbonyl (C=O) groups excluding carboxylic acids is 1. The lowest BCUT2D eigenvalue weighted by Gasteiger charge is -2.10. The Morgan fingerprint density at radius 2 is 2.41 bits per heavy atom. The summed E-state index contributed by atoms with van der Waals surface area (Å²) in [5.74, 6) is 0.0810. The van der Waals surface area contributed by atoms with Crippen LogP contribution in [0.2, 0.25) is 0 Å². The normalized spacial score (nSPS) is 19.3. The summed E-state index contributed by atoms with van der Waals surface area (Å²) in [5, 5.41) is 6.25. The molecule has 3 nitrogen and oxygen atoms in total. The standard InChI is InChI=1S/C12H14BrIN2O/c13-10-6-9(3-4-11(10)14)16-12(17)7-8-2-1-5-15-8/h3-4,6,8,15H,1-2,5,7H2,(H,16,17). The highest BCUT2D eigenvalue weighted by atomic mass is 127. The van der Waals surface area contributed by atoms with Gasteiger partial charge >= 0.3 is 0 Å². The van der Waals surface area contributed by atoms with Gasteiger partial charge < -0.3 is 10.6 Å². The van der Waals surface area contributed by atoms with Crippen LogP contribution in [0.5, 0.6) is 0 Å². The van der Waals surface area contributed by atoms with Gasteiger partial charge in [-0.25, -0.2) is 0 Å². The number of carbonyl (C=O) groups is 1. The fraction of sp³-hybridized carbons (Fsp3) is 0.417. The van der Waals surface area contributed by atoms with Gasteiger partial charge in [-0.05, 0) is 76.1 Å². The van der Waals surface area contributed by atoms with Crippen LogP contribution in [-0.2, 0) is 4.79 Å². The maximum Gasteiger partial charge on any atom is 0.225 e. The van der Waals surface area contributed by atoms with E-state index < -0.39 is 0 Å². The molecule has 1 amide bonds. The summed E-state index contributed by atoms with van der Waals surface area (Å²) in [7, 11) is 0. The Hall–Kier alpha value is -0.140. The first kappa shape index (κ1) is 13.3. The van der Waals surface area contributed by atoms with Crippen LogP contribution in [0.15, 0.2) is 22.7 Å². The molecule has 92 valence electrons. The average Bonchev–Trinajstić information content (AvgIpc) is 2.76. The molecule has 0 spiro atoms. The Morgan fingerprint density at radius 1 is 1.59 bits per heavy atom. The predicted molar refractivity (Wildman–Crippen MR) is 81.1 cm³/mol. The molecule has 2 N–H and O–H groups in total. The SMILES string of the molecule is O=C(CC1CCCN1)Nc1ccc(I)c(Br)c1. The zero-order valence-corrected chi connectivity index (χ0v) is 13.0. The van der Waals surface area contributed by atoms with Crippen LogP contribution in [0.3, 0.4) is 0 Å². The van der Waals surface area contributed by atoms with Crippen molar-refractivity contribution in [2.45, 2.75) is 25.3 Å². The Kier molecular flexibility index (Phi) is 4.81. The summed E-state index contributed by atoms with van der Waals surface area (Å²) in [6.45, 7) is 1.03. The molecule has 1 aliphatic heterocycles. The third kappa shape index (κ3) is 3.93. The molecule has 1 aromatic rings. The number of halogens is 2. The highest BCUT2D eigenvalue weighted by Gasteiger charge is 2.17. The summed E-state index contributed by atoms with van der Waals surface area (Å²) in [4.78, 5) is 11.8. The molecular weight excluding hydrogens is 395 g/mol. The Bertz CT molecular complexity index is 419. The minimum atomic E-state index is 0.0810. The summed E-state index contributed by atoms with van der Waals surface area (Å²) >= 11 is 5.70. The van der Waals surface area contributed by atoms with Crippen LogP contribution in [0.1, 0.15) is 19.3 Å². The Morgan fingerprint density at radius 3 is 3.06 bits per heavy atom. The van der Waals surface area contributed by atoms with E-state index in [4.69, 9.17) is 0 Å². The van der Waals surface area contributed by atoms with E-state index in [0.717, 1.165) is 26.7 Å². The largest absolute Gasteiger partial charge is 0.326 e. The van der Waals surface area contributed by atoms with Gasteiger partial charge in [0.2, 0.25) is 5.91 Å². The van der Waals surface area contributed by atoms with Crippen molar-refractivity contribution in [2.24, 2.45) is 0 Å². The zero-order valence-electron chi connectivity index (χ0n) is 9.30. The van der Waals surface area contributed by atoms with E-state index in [1.165, 1.54) is 6.42 Å². The molecule has 1 aliphatic rings. The minimum absolute atomic E-state index is 0.0810. The van der Waals surface area contributed by atoms with Crippen LogP contribution in [0, 0.1) is 3.57 Å². The molecule has 17 heavy (non-hydrogen) atoms. The molecule has 1 atom stereocenters. The first-order chi connectivity index (χ1) is 8.15. The number of benzene rings is 1. The molecule has 0 aliphatic carbocycles. The van der Waals surface area contributed by atoms with E-state index in [2.05, 4.69) is 49.2 Å². The molecule has 5 heteroatoms. The van der Waals surface area contributed by atoms with Gasteiger partial charge in [0.1, 0.15) is 0 Å². The lowest BCUT2D eigenvalue weighted by Crippen LogP contribution is -2.27. The minimum Gasteiger partial charge on any atom is -0.326 e. The molecule has 1 unspecified atom stereocenters. The van der Waals surface area contributed by atoms with Crippen molar-refractivity contribution in [1.29, 1.82) is 0 Å². The molecule has 0 saturated carbocycles. The van der Waals surface area contributed by atoms with Crippen LogP contribution in [0.25, 0.3) is 0 Å². The van der Waals surface area contributed by atoms with Crippen molar-refractivity contribution < 1.29 is 4.79 Å². The van der Waals surface area contributed by atoms with Gasteiger partial charge in [0.25, 0.3) is 0 Å². The maximum atomic E-state index is 11.8. The van der Waals surface area contributed by atoms with Crippen molar-refractivity contribution >= 4 is 50.1 Å². The molecule has 1 saturated heterocycles. The molecule has 2 rings (SSSR count). The lowest BCUT2D eigenvalue weighted by molar-refractivity contribution is -0.116. The maximum absolute atomic E-state index is 11.8. The molecule has 1 heterocycles. The summed E-state index contributed by atoms with van der Waals surface area (Å²) in [5.41, 5.74) is 0.847. The van der Waals surface area contributed by atoms with Crippen LogP contribution < -0.4 is 10.6 Å². The molecular formula is C12H14BrIN2O. The van der Waals surface area contributed by atoms with Crippen LogP contribution >= 0.6 is 38.5 Å². The summed E-state index contributed by atoms with van der Waals surface area (Å²) in [6.07, 6.45) is 2.83. The number of amides is 1. The highest BCUT2D eigenvalue weighted by molar-refractivity contribution is 14.1. The first-order valence-corrected chi connectivity index (χ1v) is 7.50. The van der Waals surface area contributed by atoms with E-state index in [9.17, 15) is 4.79 Å². The van der Waals surface area contributed by atoms with Crippen molar-refractivity contribution in [3.8, 4) is 0 Å². The topological polar surface area (TPSA) is 41.1 Å². The van der Waals surface area contributed by atoms with Crippen LogP contribution in [0.4, 0.5) is 5.69 Å². The predicted octanol–water partition coefficient (Wildman–Crippen LogP) is 3.13. The first-order valence-electron chi connectivity index (χ1n) is 5.63. The van der Waals surface area contributed by atoms with E-state index in [0.29, 0.717) is 12.5 Å². The molecule has 1 fully saturated rings. The van der Waals surface area contributed by atoms with Crippen LogP contribution in [-0.4, -0.2) is 18.5 Å². The third-order valence-corrected chi connectivity index (χ3v) is 5.14. The monoisotopic (exact) mass is 408 g/mol. The Balaban J connectivity index is 1.90. The zero-order chi connectivity index (χ0) is 12.3. The molecule has 1 aromatic carbocycles. The van der Waals surface area contributed by atoms with E-state index in [1.807, 2.05) is 18.2 Å². The van der Waals surface area contributed by atoms with E-state index in [-0.39, 0.29) is 5.91 Å². The van der Waals surface area contributed by atoms with Gasteiger partial charge in [0.05, 0.1) is 0 Å². The van der Waals surface area contributed by atoms with Gasteiger partial charge in [-0.1, -0.05) is 0 Å². The van der Waals surface area contributed by atoms with Gasteiger partial charge in [-0.2, -0.15) is 0 Å². The van der Waals surface area contributed by atoms with Crippen molar-refractivity contribution in [3.05, 3.63) is 26.2 Å². The van der Waals surface area contributed by atoms with Crippen molar-refractivity contribution in [3.63, 3.8) is 0 Å². The number of nitrogens with one attached hydrogen (secondary N) is 2. The smallest absolute Gasteiger partial charge is 0.225 e. The third-order valence-electron chi connectivity index (χ3n) is 2.80. The quantitative estimate of drug-likeness (QED) is 0.754. The Labute approximate surface area is 123 Å². The van der Waals surface area contributed by atoms with E-state index >= 15 is 0 Å². The van der Waals surface area contributed by atoms with Gasteiger partial charge in [-0.3, -0.25) is 4.79 Å². The number of hydrogen-bond acceptors (Lipinski definition) is 2. The average molecular weight is 409 g/mol. The summed E-state index contributed by atoms with van der Waals surface area (Å²) in [6, 6.07) is 6.18. The van der Waals surface area contributed by atoms with Gasteiger partial charge in [0.15, 0.2) is 0 Å². The van der Waals surface area contributed by atoms with Crippen molar-refractivity contribution in [1.82, 2.24) is 5.32 Å². The lowest BCUT2D eigenvalue weighted by atomic mass is 10.1. The number of anilines is 1. The second-order valence-electron chi connectivity index (χ2n) is 4.17. The molecule has 0 radical (unpaired) electrons. The highest BCUT2D eigenvalue weighted by Crippen LogP contribution is 2.23. The van der Waals surface area contributed by atoms with Gasteiger partial charge in [-0.15, -0.1) is 0 Å². The van der Waals surface area contributed by atoms with E-state index in [1.54, 1.807) is 0 Å². The van der Waals surface area contributed by atoms with Gasteiger partial charge in [0, 0.05) is 26.2 Å². The second kappa shape index (κ2) is 6.15. The fourth-order valence-corrected chi connectivity index (χ4v) is 2.65. The molecule has 0 bridgehead atoms. The number of rotatable bonds is 3. The second-order valence-corrected chi connectivity index (χ2v) is 6.19. The fourth-order valence-electron chi connectivity index (χ4n) is 1.94. The molecule has 0 aromatic heterocycles. The van der Waals surface area contributed by atoms with Crippen molar-refractivity contribution in [2.75, 3.05) is 11.9 Å². The number of hydrogen-bond donors (Lipinski definition) is 2.